The van der Waals surface area contributed by atoms with Crippen LogP contribution in [-0.2, 0) is 0 Å². The fourth-order valence-corrected chi connectivity index (χ4v) is 2.55. The monoisotopic (exact) mass is 311 g/mol. The summed E-state index contributed by atoms with van der Waals surface area (Å²) in [5.74, 6) is 0.491. The molecular weight excluding hydrogens is 290 g/mol. The number of carbonyl (C=O) groups is 1. The van der Waals surface area contributed by atoms with Crippen LogP contribution in [0.15, 0.2) is 36.7 Å². The summed E-state index contributed by atoms with van der Waals surface area (Å²) in [5, 5.41) is 3.14. The molecule has 2 aromatic rings. The first-order valence-electron chi connectivity index (χ1n) is 7.75. The average Bonchev–Trinajstić information content (AvgIpc) is 2.56. The van der Waals surface area contributed by atoms with Gasteiger partial charge in [0.1, 0.15) is 0 Å². The molecule has 0 spiro atoms. The van der Waals surface area contributed by atoms with Crippen LogP contribution in [0.3, 0.4) is 0 Å². The second kappa shape index (κ2) is 6.75. The summed E-state index contributed by atoms with van der Waals surface area (Å²) in [6, 6.07) is 7.99. The molecule has 1 aliphatic rings. The minimum absolute atomic E-state index is 0.000190. The Morgan fingerprint density at radius 3 is 2.48 bits per heavy atom. The van der Waals surface area contributed by atoms with Crippen molar-refractivity contribution >= 4 is 17.5 Å². The highest BCUT2D eigenvalue weighted by atomic mass is 16.2. The van der Waals surface area contributed by atoms with Crippen molar-refractivity contribution in [3.05, 3.63) is 47.8 Å². The summed E-state index contributed by atoms with van der Waals surface area (Å²) in [4.78, 5) is 25.0. The Labute approximate surface area is 136 Å². The van der Waals surface area contributed by atoms with Gasteiger partial charge in [-0.15, -0.1) is 0 Å². The van der Waals surface area contributed by atoms with Crippen LogP contribution in [0.1, 0.15) is 15.9 Å². The number of hydrogen-bond donors (Lipinski definition) is 1. The van der Waals surface area contributed by atoms with E-state index in [0.717, 1.165) is 37.4 Å². The molecular formula is C17H21N5O. The van der Waals surface area contributed by atoms with Crippen molar-refractivity contribution in [1.82, 2.24) is 19.8 Å². The number of likely N-dealkylation sites (N-methyl/N-ethyl adjacent to an activating group) is 1. The number of hydrogen-bond acceptors (Lipinski definition) is 5. The number of aryl methyl sites for hydroxylation is 1. The number of rotatable bonds is 3. The third-order valence-corrected chi connectivity index (χ3v) is 3.96. The van der Waals surface area contributed by atoms with E-state index < -0.39 is 0 Å². The van der Waals surface area contributed by atoms with Crippen molar-refractivity contribution in [3.8, 4) is 0 Å². The number of anilines is 2. The Morgan fingerprint density at radius 1 is 1.13 bits per heavy atom. The van der Waals surface area contributed by atoms with Crippen molar-refractivity contribution in [3.63, 3.8) is 0 Å². The minimum atomic E-state index is 0.000190. The standard InChI is InChI=1S/C17H21N5O/c1-13-4-3-5-15(10-13)20-17-18-11-14(12-19-17)16(23)22-8-6-21(2)7-9-22/h3-5,10-12H,6-9H2,1-2H3,(H,18,19,20). The van der Waals surface area contributed by atoms with E-state index in [1.54, 1.807) is 12.4 Å². The molecule has 1 saturated heterocycles. The molecule has 1 aromatic carbocycles. The Morgan fingerprint density at radius 2 is 1.83 bits per heavy atom. The van der Waals surface area contributed by atoms with Crippen LogP contribution < -0.4 is 5.32 Å². The Hall–Kier alpha value is -2.47. The fraction of sp³-hybridized carbons (Fsp3) is 0.353. The molecule has 0 saturated carbocycles. The van der Waals surface area contributed by atoms with Crippen LogP contribution in [0.5, 0.6) is 0 Å². The predicted molar refractivity (Wildman–Crippen MR) is 89.9 cm³/mol. The molecule has 23 heavy (non-hydrogen) atoms. The average molecular weight is 311 g/mol. The van der Waals surface area contributed by atoms with E-state index >= 15 is 0 Å². The lowest BCUT2D eigenvalue weighted by Crippen LogP contribution is -2.47. The predicted octanol–water partition coefficient (Wildman–Crippen LogP) is 1.92. The van der Waals surface area contributed by atoms with Crippen LogP contribution in [0.2, 0.25) is 0 Å². The largest absolute Gasteiger partial charge is 0.336 e. The molecule has 3 rings (SSSR count). The number of piperazine rings is 1. The Kier molecular flexibility index (Phi) is 4.52. The normalized spacial score (nSPS) is 15.5. The summed E-state index contributed by atoms with van der Waals surface area (Å²) in [5.41, 5.74) is 2.63. The number of benzene rings is 1. The smallest absolute Gasteiger partial charge is 0.257 e. The van der Waals surface area contributed by atoms with Gasteiger partial charge in [0, 0.05) is 44.3 Å². The van der Waals surface area contributed by atoms with Crippen LogP contribution in [0.4, 0.5) is 11.6 Å². The first kappa shape index (κ1) is 15.4. The van der Waals surface area contributed by atoms with Crippen molar-refractivity contribution in [1.29, 1.82) is 0 Å². The van der Waals surface area contributed by atoms with Gasteiger partial charge >= 0.3 is 0 Å². The molecule has 0 radical (unpaired) electrons. The van der Waals surface area contributed by atoms with Gasteiger partial charge < -0.3 is 15.1 Å². The highest BCUT2D eigenvalue weighted by Crippen LogP contribution is 2.14. The number of aromatic nitrogens is 2. The molecule has 1 N–H and O–H groups in total. The number of carbonyl (C=O) groups excluding carboxylic acids is 1. The first-order valence-corrected chi connectivity index (χ1v) is 7.75. The molecule has 1 aromatic heterocycles. The quantitative estimate of drug-likeness (QED) is 0.938. The van der Waals surface area contributed by atoms with Crippen LogP contribution in [-0.4, -0.2) is 58.9 Å². The molecule has 120 valence electrons. The Bertz CT molecular complexity index is 678. The zero-order valence-electron chi connectivity index (χ0n) is 13.5. The lowest BCUT2D eigenvalue weighted by molar-refractivity contribution is 0.0663. The van der Waals surface area contributed by atoms with E-state index in [4.69, 9.17) is 0 Å². The minimum Gasteiger partial charge on any atom is -0.336 e. The van der Waals surface area contributed by atoms with Gasteiger partial charge in [-0.05, 0) is 31.7 Å². The zero-order chi connectivity index (χ0) is 16.2. The number of amides is 1. The molecule has 0 aliphatic carbocycles. The SMILES string of the molecule is Cc1cccc(Nc2ncc(C(=O)N3CCN(C)CC3)cn2)c1. The van der Waals surface area contributed by atoms with Gasteiger partial charge in [-0.1, -0.05) is 12.1 Å². The van der Waals surface area contributed by atoms with E-state index in [9.17, 15) is 4.79 Å². The first-order chi connectivity index (χ1) is 11.1. The molecule has 0 bridgehead atoms. The lowest BCUT2D eigenvalue weighted by atomic mass is 10.2. The van der Waals surface area contributed by atoms with E-state index in [2.05, 4.69) is 27.2 Å². The van der Waals surface area contributed by atoms with E-state index in [-0.39, 0.29) is 5.91 Å². The van der Waals surface area contributed by atoms with E-state index in [0.29, 0.717) is 11.5 Å². The van der Waals surface area contributed by atoms with Gasteiger partial charge in [-0.3, -0.25) is 4.79 Å². The van der Waals surface area contributed by atoms with Crippen LogP contribution in [0, 0.1) is 6.92 Å². The topological polar surface area (TPSA) is 61.4 Å². The third-order valence-electron chi connectivity index (χ3n) is 3.96. The van der Waals surface area contributed by atoms with E-state index in [1.165, 1.54) is 0 Å². The van der Waals surface area contributed by atoms with Gasteiger partial charge in [0.15, 0.2) is 0 Å². The van der Waals surface area contributed by atoms with Gasteiger partial charge in [0.2, 0.25) is 5.95 Å². The maximum absolute atomic E-state index is 12.4. The molecule has 1 aliphatic heterocycles. The number of nitrogens with one attached hydrogen (secondary N) is 1. The van der Waals surface area contributed by atoms with Gasteiger partial charge in [0.05, 0.1) is 5.56 Å². The van der Waals surface area contributed by atoms with Crippen molar-refractivity contribution in [2.24, 2.45) is 0 Å². The second-order valence-electron chi connectivity index (χ2n) is 5.89. The van der Waals surface area contributed by atoms with Gasteiger partial charge in [-0.25, -0.2) is 9.97 Å². The van der Waals surface area contributed by atoms with Crippen molar-refractivity contribution in [2.75, 3.05) is 38.5 Å². The highest BCUT2D eigenvalue weighted by molar-refractivity contribution is 5.93. The van der Waals surface area contributed by atoms with E-state index in [1.807, 2.05) is 36.1 Å². The zero-order valence-corrected chi connectivity index (χ0v) is 13.5. The highest BCUT2D eigenvalue weighted by Gasteiger charge is 2.20. The maximum atomic E-state index is 12.4. The molecule has 1 amide bonds. The summed E-state index contributed by atoms with van der Waals surface area (Å²) in [6.07, 6.45) is 3.18. The third kappa shape index (κ3) is 3.84. The molecule has 0 unspecified atom stereocenters. The van der Waals surface area contributed by atoms with Crippen molar-refractivity contribution in [2.45, 2.75) is 6.92 Å². The molecule has 1 fully saturated rings. The molecule has 0 atom stereocenters. The second-order valence-corrected chi connectivity index (χ2v) is 5.89. The molecule has 2 heterocycles. The summed E-state index contributed by atoms with van der Waals surface area (Å²) >= 11 is 0. The van der Waals surface area contributed by atoms with Crippen LogP contribution >= 0.6 is 0 Å². The lowest BCUT2D eigenvalue weighted by Gasteiger charge is -2.32. The van der Waals surface area contributed by atoms with Crippen LogP contribution in [0.25, 0.3) is 0 Å². The maximum Gasteiger partial charge on any atom is 0.257 e. The summed E-state index contributed by atoms with van der Waals surface area (Å²) < 4.78 is 0. The molecule has 6 heteroatoms. The van der Waals surface area contributed by atoms with Gasteiger partial charge in [-0.2, -0.15) is 0 Å². The number of nitrogens with zero attached hydrogens (tertiary/aromatic N) is 4. The summed E-state index contributed by atoms with van der Waals surface area (Å²) in [6.45, 7) is 5.33. The summed E-state index contributed by atoms with van der Waals surface area (Å²) in [7, 11) is 2.07. The van der Waals surface area contributed by atoms with Crippen molar-refractivity contribution < 1.29 is 4.79 Å². The van der Waals surface area contributed by atoms with Gasteiger partial charge in [0.25, 0.3) is 5.91 Å². The Balaban J connectivity index is 1.66. The molecule has 6 nitrogen and oxygen atoms in total. The fourth-order valence-electron chi connectivity index (χ4n) is 2.55.